The number of Topliss-reactive ketones (excluding diaryl/α,β-unsaturated/α-hetero) is 1. The summed E-state index contributed by atoms with van der Waals surface area (Å²) in [5, 5.41) is 0. The molecule has 0 atom stereocenters. The van der Waals surface area contributed by atoms with E-state index in [0.29, 0.717) is 5.78 Å². The van der Waals surface area contributed by atoms with Crippen molar-refractivity contribution in [3.63, 3.8) is 0 Å². The van der Waals surface area contributed by atoms with Gasteiger partial charge in [0.05, 0.1) is 0 Å². The van der Waals surface area contributed by atoms with Gasteiger partial charge in [-0.05, 0) is 38.8 Å². The van der Waals surface area contributed by atoms with Crippen LogP contribution in [-0.4, -0.2) is 29.8 Å². The monoisotopic (exact) mass is 195 g/mol. The lowest BCUT2D eigenvalue weighted by Crippen LogP contribution is -2.38. The second kappa shape index (κ2) is 4.92. The van der Waals surface area contributed by atoms with E-state index in [2.05, 4.69) is 4.90 Å². The van der Waals surface area contributed by atoms with Crippen LogP contribution in [0.25, 0.3) is 0 Å². The normalized spacial score (nSPS) is 27.6. The molecular formula is C12H21NO. The smallest absolute Gasteiger partial charge is 0.133 e. The average molecular weight is 195 g/mol. The topological polar surface area (TPSA) is 20.3 Å². The molecule has 1 heterocycles. The molecule has 0 unspecified atom stereocenters. The Morgan fingerprint density at radius 2 is 1.50 bits per heavy atom. The number of rotatable bonds is 1. The summed E-state index contributed by atoms with van der Waals surface area (Å²) in [6.45, 7) is 2.55. The number of likely N-dealkylation sites (tertiary alicyclic amines) is 1. The molecule has 2 nitrogen and oxygen atoms in total. The first-order valence-corrected chi connectivity index (χ1v) is 6.12. The first-order chi connectivity index (χ1) is 6.86. The van der Waals surface area contributed by atoms with Crippen molar-refractivity contribution < 1.29 is 4.79 Å². The van der Waals surface area contributed by atoms with E-state index in [1.54, 1.807) is 0 Å². The number of hydrogen-bond acceptors (Lipinski definition) is 2. The minimum Gasteiger partial charge on any atom is -0.300 e. The molecule has 0 aromatic carbocycles. The maximum absolute atomic E-state index is 11.1. The van der Waals surface area contributed by atoms with Crippen molar-refractivity contribution in [2.45, 2.75) is 57.4 Å². The van der Waals surface area contributed by atoms with Gasteiger partial charge in [-0.25, -0.2) is 0 Å². The molecule has 0 spiro atoms. The third kappa shape index (κ3) is 2.57. The fraction of sp³-hybridized carbons (Fsp3) is 0.917. The van der Waals surface area contributed by atoms with Crippen molar-refractivity contribution in [1.82, 2.24) is 4.90 Å². The lowest BCUT2D eigenvalue weighted by molar-refractivity contribution is -0.121. The van der Waals surface area contributed by atoms with Crippen LogP contribution in [0, 0.1) is 0 Å². The summed E-state index contributed by atoms with van der Waals surface area (Å²) in [5.41, 5.74) is 0. The van der Waals surface area contributed by atoms with Crippen LogP contribution in [0.2, 0.25) is 0 Å². The van der Waals surface area contributed by atoms with E-state index in [0.717, 1.165) is 31.7 Å². The maximum Gasteiger partial charge on any atom is 0.133 e. The zero-order chi connectivity index (χ0) is 9.80. The molecule has 2 rings (SSSR count). The average Bonchev–Trinajstić information content (AvgIpc) is 2.47. The molecule has 14 heavy (non-hydrogen) atoms. The Bertz CT molecular complexity index is 184. The fourth-order valence-electron chi connectivity index (χ4n) is 2.75. The molecule has 2 fully saturated rings. The molecule has 0 bridgehead atoms. The van der Waals surface area contributed by atoms with Crippen LogP contribution in [0.15, 0.2) is 0 Å². The minimum atomic E-state index is 0.482. The first kappa shape index (κ1) is 10.2. The van der Waals surface area contributed by atoms with Crippen LogP contribution in [-0.2, 0) is 4.79 Å². The summed E-state index contributed by atoms with van der Waals surface area (Å²) in [7, 11) is 0. The van der Waals surface area contributed by atoms with Crippen LogP contribution in [0.3, 0.4) is 0 Å². The van der Waals surface area contributed by atoms with Gasteiger partial charge in [0, 0.05) is 18.9 Å². The molecule has 0 radical (unpaired) electrons. The molecule has 1 saturated heterocycles. The molecule has 1 aliphatic heterocycles. The standard InChI is InChI=1S/C12H21NO/c14-12-7-5-11(6-8-12)13-9-3-1-2-4-10-13/h11H,1-10H2. The molecule has 0 N–H and O–H groups in total. The predicted molar refractivity (Wildman–Crippen MR) is 57.3 cm³/mol. The van der Waals surface area contributed by atoms with E-state index in [1.807, 2.05) is 0 Å². The van der Waals surface area contributed by atoms with Gasteiger partial charge >= 0.3 is 0 Å². The van der Waals surface area contributed by atoms with Crippen LogP contribution < -0.4 is 0 Å². The van der Waals surface area contributed by atoms with E-state index in [9.17, 15) is 4.79 Å². The molecule has 1 saturated carbocycles. The Balaban J connectivity index is 1.83. The van der Waals surface area contributed by atoms with Gasteiger partial charge in [0.15, 0.2) is 0 Å². The van der Waals surface area contributed by atoms with Crippen LogP contribution in [0.1, 0.15) is 51.4 Å². The van der Waals surface area contributed by atoms with Gasteiger partial charge in [-0.1, -0.05) is 12.8 Å². The van der Waals surface area contributed by atoms with Gasteiger partial charge in [-0.3, -0.25) is 4.79 Å². The van der Waals surface area contributed by atoms with E-state index >= 15 is 0 Å². The van der Waals surface area contributed by atoms with Crippen LogP contribution in [0.5, 0.6) is 0 Å². The van der Waals surface area contributed by atoms with Crippen molar-refractivity contribution in [1.29, 1.82) is 0 Å². The van der Waals surface area contributed by atoms with Gasteiger partial charge in [0.2, 0.25) is 0 Å². The summed E-state index contributed by atoms with van der Waals surface area (Å²) in [6, 6.07) is 0.728. The van der Waals surface area contributed by atoms with Crippen molar-refractivity contribution in [3.05, 3.63) is 0 Å². The van der Waals surface area contributed by atoms with Gasteiger partial charge in [-0.15, -0.1) is 0 Å². The van der Waals surface area contributed by atoms with Crippen molar-refractivity contribution in [3.8, 4) is 0 Å². The van der Waals surface area contributed by atoms with Crippen molar-refractivity contribution in [2.75, 3.05) is 13.1 Å². The number of carbonyl (C=O) groups excluding carboxylic acids is 1. The van der Waals surface area contributed by atoms with Crippen molar-refractivity contribution in [2.24, 2.45) is 0 Å². The number of carbonyl (C=O) groups is 1. The summed E-state index contributed by atoms with van der Waals surface area (Å²) in [6.07, 6.45) is 9.46. The number of nitrogens with zero attached hydrogens (tertiary/aromatic N) is 1. The summed E-state index contributed by atoms with van der Waals surface area (Å²) in [4.78, 5) is 13.8. The maximum atomic E-state index is 11.1. The molecule has 2 aliphatic rings. The Hall–Kier alpha value is -0.370. The zero-order valence-corrected chi connectivity index (χ0v) is 9.00. The molecule has 1 aliphatic carbocycles. The van der Waals surface area contributed by atoms with Crippen LogP contribution in [0.4, 0.5) is 0 Å². The largest absolute Gasteiger partial charge is 0.300 e. The minimum absolute atomic E-state index is 0.482. The van der Waals surface area contributed by atoms with Gasteiger partial charge in [0.1, 0.15) is 5.78 Å². The summed E-state index contributed by atoms with van der Waals surface area (Å²) in [5.74, 6) is 0.482. The predicted octanol–water partition coefficient (Wildman–Crippen LogP) is 2.37. The summed E-state index contributed by atoms with van der Waals surface area (Å²) < 4.78 is 0. The highest BCUT2D eigenvalue weighted by atomic mass is 16.1. The van der Waals surface area contributed by atoms with E-state index in [4.69, 9.17) is 0 Å². The molecular weight excluding hydrogens is 174 g/mol. The quantitative estimate of drug-likeness (QED) is 0.640. The number of hydrogen-bond donors (Lipinski definition) is 0. The Kier molecular flexibility index (Phi) is 3.57. The first-order valence-electron chi connectivity index (χ1n) is 6.12. The SMILES string of the molecule is O=C1CCC(N2CCCCCC2)CC1. The lowest BCUT2D eigenvalue weighted by atomic mass is 9.93. The Morgan fingerprint density at radius 1 is 0.929 bits per heavy atom. The third-order valence-electron chi connectivity index (χ3n) is 3.67. The molecule has 0 aromatic heterocycles. The van der Waals surface area contributed by atoms with E-state index in [-0.39, 0.29) is 0 Å². The van der Waals surface area contributed by atoms with Gasteiger partial charge in [-0.2, -0.15) is 0 Å². The third-order valence-corrected chi connectivity index (χ3v) is 3.67. The highest BCUT2D eigenvalue weighted by Crippen LogP contribution is 2.23. The van der Waals surface area contributed by atoms with E-state index < -0.39 is 0 Å². The van der Waals surface area contributed by atoms with Crippen molar-refractivity contribution >= 4 is 5.78 Å². The lowest BCUT2D eigenvalue weighted by Gasteiger charge is -2.32. The Labute approximate surface area is 86.7 Å². The zero-order valence-electron chi connectivity index (χ0n) is 9.00. The molecule has 0 amide bonds. The second-order valence-electron chi connectivity index (χ2n) is 4.72. The molecule has 2 heteroatoms. The molecule has 0 aromatic rings. The van der Waals surface area contributed by atoms with Gasteiger partial charge in [0.25, 0.3) is 0 Å². The highest BCUT2D eigenvalue weighted by Gasteiger charge is 2.24. The Morgan fingerprint density at radius 3 is 2.07 bits per heavy atom. The van der Waals surface area contributed by atoms with Crippen LogP contribution >= 0.6 is 0 Å². The summed E-state index contributed by atoms with van der Waals surface area (Å²) >= 11 is 0. The fourth-order valence-corrected chi connectivity index (χ4v) is 2.75. The van der Waals surface area contributed by atoms with E-state index in [1.165, 1.54) is 38.8 Å². The highest BCUT2D eigenvalue weighted by molar-refractivity contribution is 5.79. The second-order valence-corrected chi connectivity index (χ2v) is 4.72. The molecule has 80 valence electrons. The number of ketones is 1. The van der Waals surface area contributed by atoms with Gasteiger partial charge < -0.3 is 4.90 Å².